The van der Waals surface area contributed by atoms with E-state index in [1.54, 1.807) is 18.3 Å². The van der Waals surface area contributed by atoms with Gasteiger partial charge in [-0.25, -0.2) is 9.07 Å². The van der Waals surface area contributed by atoms with E-state index in [9.17, 15) is 4.39 Å². The van der Waals surface area contributed by atoms with Crippen molar-refractivity contribution >= 4 is 11.9 Å². The molecule has 0 bridgehead atoms. The van der Waals surface area contributed by atoms with E-state index in [2.05, 4.69) is 4.99 Å². The average molecular weight is 341 g/mol. The standard InChI is InChI=1S/C22H16FN3/c23-19-13-11-17(12-14-19)15-24-21-16-26(20-9-5-2-6-10-20)25-22(21)18-7-3-1-4-8-18/h1-16H. The number of hydrogen-bond donors (Lipinski definition) is 0. The lowest BCUT2D eigenvalue weighted by atomic mass is 10.1. The Morgan fingerprint density at radius 2 is 1.46 bits per heavy atom. The molecule has 0 saturated heterocycles. The van der Waals surface area contributed by atoms with Gasteiger partial charge >= 0.3 is 0 Å². The molecule has 0 unspecified atom stereocenters. The quantitative estimate of drug-likeness (QED) is 0.455. The monoisotopic (exact) mass is 341 g/mol. The highest BCUT2D eigenvalue weighted by atomic mass is 19.1. The molecule has 0 spiro atoms. The van der Waals surface area contributed by atoms with Crippen LogP contribution in [0.15, 0.2) is 96.1 Å². The van der Waals surface area contributed by atoms with Crippen molar-refractivity contribution in [1.29, 1.82) is 0 Å². The Hall–Kier alpha value is -3.53. The normalized spacial score (nSPS) is 11.1. The number of nitrogens with zero attached hydrogens (tertiary/aromatic N) is 3. The van der Waals surface area contributed by atoms with Gasteiger partial charge in [-0.3, -0.25) is 4.99 Å². The van der Waals surface area contributed by atoms with Gasteiger partial charge in [0, 0.05) is 11.8 Å². The van der Waals surface area contributed by atoms with Gasteiger partial charge in [0.25, 0.3) is 0 Å². The molecule has 26 heavy (non-hydrogen) atoms. The van der Waals surface area contributed by atoms with Gasteiger partial charge in [0.05, 0.1) is 11.9 Å². The summed E-state index contributed by atoms with van der Waals surface area (Å²) in [7, 11) is 0. The summed E-state index contributed by atoms with van der Waals surface area (Å²) < 4.78 is 14.9. The Morgan fingerprint density at radius 1 is 0.808 bits per heavy atom. The zero-order valence-corrected chi connectivity index (χ0v) is 14.0. The maximum absolute atomic E-state index is 13.1. The summed E-state index contributed by atoms with van der Waals surface area (Å²) in [6.45, 7) is 0. The van der Waals surface area contributed by atoms with Crippen LogP contribution < -0.4 is 0 Å². The third-order valence-electron chi connectivity index (χ3n) is 3.99. The highest BCUT2D eigenvalue weighted by Crippen LogP contribution is 2.30. The molecular weight excluding hydrogens is 325 g/mol. The molecule has 4 heteroatoms. The third kappa shape index (κ3) is 3.44. The van der Waals surface area contributed by atoms with Crippen molar-refractivity contribution in [3.63, 3.8) is 0 Å². The van der Waals surface area contributed by atoms with Crippen molar-refractivity contribution in [3.8, 4) is 16.9 Å². The predicted octanol–water partition coefficient (Wildman–Crippen LogP) is 5.43. The van der Waals surface area contributed by atoms with Gasteiger partial charge in [-0.1, -0.05) is 60.7 Å². The van der Waals surface area contributed by atoms with Crippen molar-refractivity contribution in [3.05, 3.63) is 103 Å². The molecule has 126 valence electrons. The van der Waals surface area contributed by atoms with Crippen molar-refractivity contribution < 1.29 is 4.39 Å². The first-order chi connectivity index (χ1) is 12.8. The molecule has 4 rings (SSSR count). The first kappa shape index (κ1) is 16.0. The van der Waals surface area contributed by atoms with E-state index in [1.807, 2.05) is 71.5 Å². The van der Waals surface area contributed by atoms with Gasteiger partial charge in [-0.2, -0.15) is 5.10 Å². The molecule has 0 atom stereocenters. The average Bonchev–Trinajstić information content (AvgIpc) is 3.13. The van der Waals surface area contributed by atoms with Crippen LogP contribution in [0.2, 0.25) is 0 Å². The topological polar surface area (TPSA) is 30.2 Å². The van der Waals surface area contributed by atoms with E-state index in [0.29, 0.717) is 0 Å². The maximum atomic E-state index is 13.1. The second-order valence-electron chi connectivity index (χ2n) is 5.82. The van der Waals surface area contributed by atoms with Crippen LogP contribution in [0.5, 0.6) is 0 Å². The Morgan fingerprint density at radius 3 is 2.15 bits per heavy atom. The van der Waals surface area contributed by atoms with E-state index in [-0.39, 0.29) is 5.82 Å². The van der Waals surface area contributed by atoms with Crippen LogP contribution in [-0.4, -0.2) is 16.0 Å². The Balaban J connectivity index is 1.76. The minimum atomic E-state index is -0.260. The summed E-state index contributed by atoms with van der Waals surface area (Å²) in [5.41, 5.74) is 4.34. The molecule has 0 fully saturated rings. The predicted molar refractivity (Wildman–Crippen MR) is 103 cm³/mol. The molecule has 0 aliphatic heterocycles. The molecule has 1 heterocycles. The molecule has 3 nitrogen and oxygen atoms in total. The van der Waals surface area contributed by atoms with Crippen LogP contribution in [0.1, 0.15) is 5.56 Å². The number of benzene rings is 3. The maximum Gasteiger partial charge on any atom is 0.123 e. The largest absolute Gasteiger partial charge is 0.252 e. The van der Waals surface area contributed by atoms with Crippen LogP contribution in [0.4, 0.5) is 10.1 Å². The van der Waals surface area contributed by atoms with E-state index in [1.165, 1.54) is 12.1 Å². The van der Waals surface area contributed by atoms with Crippen molar-refractivity contribution in [2.24, 2.45) is 4.99 Å². The zero-order chi connectivity index (χ0) is 17.8. The van der Waals surface area contributed by atoms with E-state index in [4.69, 9.17) is 5.10 Å². The number of halogens is 1. The van der Waals surface area contributed by atoms with Crippen molar-refractivity contribution in [2.45, 2.75) is 0 Å². The van der Waals surface area contributed by atoms with Gasteiger partial charge in [-0.05, 0) is 29.8 Å². The first-order valence-electron chi connectivity index (χ1n) is 8.30. The summed E-state index contributed by atoms with van der Waals surface area (Å²) in [5, 5.41) is 4.72. The molecule has 0 radical (unpaired) electrons. The van der Waals surface area contributed by atoms with Crippen LogP contribution in [0.25, 0.3) is 16.9 Å². The lowest BCUT2D eigenvalue weighted by Gasteiger charge is -1.99. The van der Waals surface area contributed by atoms with E-state index < -0.39 is 0 Å². The highest BCUT2D eigenvalue weighted by molar-refractivity contribution is 5.84. The second-order valence-corrected chi connectivity index (χ2v) is 5.82. The van der Waals surface area contributed by atoms with Gasteiger partial charge < -0.3 is 0 Å². The highest BCUT2D eigenvalue weighted by Gasteiger charge is 2.11. The van der Waals surface area contributed by atoms with Crippen molar-refractivity contribution in [1.82, 2.24) is 9.78 Å². The molecule has 0 amide bonds. The number of para-hydroxylation sites is 1. The molecule has 0 aliphatic carbocycles. The van der Waals surface area contributed by atoms with Crippen LogP contribution in [0, 0.1) is 5.82 Å². The van der Waals surface area contributed by atoms with E-state index >= 15 is 0 Å². The Kier molecular flexibility index (Phi) is 4.39. The molecule has 3 aromatic carbocycles. The number of hydrogen-bond acceptors (Lipinski definition) is 2. The molecular formula is C22H16FN3. The van der Waals surface area contributed by atoms with Crippen molar-refractivity contribution in [2.75, 3.05) is 0 Å². The number of rotatable bonds is 4. The minimum Gasteiger partial charge on any atom is -0.252 e. The molecule has 4 aromatic rings. The fourth-order valence-electron chi connectivity index (χ4n) is 2.67. The molecule has 0 aliphatic rings. The molecule has 0 N–H and O–H groups in total. The van der Waals surface area contributed by atoms with Crippen LogP contribution >= 0.6 is 0 Å². The van der Waals surface area contributed by atoms with Gasteiger partial charge in [0.1, 0.15) is 17.2 Å². The fourth-order valence-corrected chi connectivity index (χ4v) is 2.67. The second kappa shape index (κ2) is 7.15. The van der Waals surface area contributed by atoms with Crippen LogP contribution in [-0.2, 0) is 0 Å². The summed E-state index contributed by atoms with van der Waals surface area (Å²) >= 11 is 0. The number of aliphatic imine (C=N–C) groups is 1. The lowest BCUT2D eigenvalue weighted by Crippen LogP contribution is -1.93. The summed E-state index contributed by atoms with van der Waals surface area (Å²) in [6.07, 6.45) is 3.62. The lowest BCUT2D eigenvalue weighted by molar-refractivity contribution is 0.628. The van der Waals surface area contributed by atoms with Gasteiger partial charge in [0.2, 0.25) is 0 Å². The van der Waals surface area contributed by atoms with Gasteiger partial charge in [-0.15, -0.1) is 0 Å². The smallest absolute Gasteiger partial charge is 0.123 e. The first-order valence-corrected chi connectivity index (χ1v) is 8.30. The Bertz CT molecular complexity index is 1020. The fraction of sp³-hybridized carbons (Fsp3) is 0. The SMILES string of the molecule is Fc1ccc(C=Nc2cn(-c3ccccc3)nc2-c2ccccc2)cc1. The summed E-state index contributed by atoms with van der Waals surface area (Å²) in [4.78, 5) is 4.60. The summed E-state index contributed by atoms with van der Waals surface area (Å²) in [6, 6.07) is 26.1. The number of aromatic nitrogens is 2. The van der Waals surface area contributed by atoms with Gasteiger partial charge in [0.15, 0.2) is 0 Å². The zero-order valence-electron chi connectivity index (χ0n) is 14.0. The third-order valence-corrected chi connectivity index (χ3v) is 3.99. The molecule has 1 aromatic heterocycles. The molecule has 0 saturated carbocycles. The van der Waals surface area contributed by atoms with Crippen LogP contribution in [0.3, 0.4) is 0 Å². The minimum absolute atomic E-state index is 0.260. The summed E-state index contributed by atoms with van der Waals surface area (Å²) in [5.74, 6) is -0.260. The Labute approximate surface area is 151 Å². The van der Waals surface area contributed by atoms with E-state index in [0.717, 1.165) is 28.2 Å².